The lowest BCUT2D eigenvalue weighted by atomic mass is 9.76. The Balaban J connectivity index is 1.86. The summed E-state index contributed by atoms with van der Waals surface area (Å²) in [5.41, 5.74) is 0. The molecule has 1 aliphatic carbocycles. The van der Waals surface area contributed by atoms with Gasteiger partial charge in [-0.05, 0) is 50.5 Å². The van der Waals surface area contributed by atoms with Crippen molar-refractivity contribution in [3.63, 3.8) is 0 Å². The van der Waals surface area contributed by atoms with Gasteiger partial charge in [0.2, 0.25) is 0 Å². The molecule has 0 radical (unpaired) electrons. The first-order chi connectivity index (χ1) is 9.76. The molecule has 1 N–H and O–H groups in total. The Morgan fingerprint density at radius 2 is 2.05 bits per heavy atom. The van der Waals surface area contributed by atoms with Crippen molar-refractivity contribution >= 4 is 0 Å². The van der Waals surface area contributed by atoms with Crippen LogP contribution in [0.2, 0.25) is 0 Å². The molecule has 1 saturated carbocycles. The van der Waals surface area contributed by atoms with Gasteiger partial charge in [0, 0.05) is 32.8 Å². The Hall–Kier alpha value is -0.120. The second-order valence-electron chi connectivity index (χ2n) is 6.81. The summed E-state index contributed by atoms with van der Waals surface area (Å²) >= 11 is 0. The fraction of sp³-hybridized carbons (Fsp3) is 1.00. The number of likely N-dealkylation sites (tertiary alicyclic amines) is 1. The van der Waals surface area contributed by atoms with Gasteiger partial charge in [0.1, 0.15) is 0 Å². The van der Waals surface area contributed by atoms with Crippen LogP contribution >= 0.6 is 0 Å². The van der Waals surface area contributed by atoms with E-state index in [1.165, 1.54) is 58.2 Å². The molecule has 0 aromatic heterocycles. The van der Waals surface area contributed by atoms with E-state index in [1.807, 2.05) is 7.11 Å². The molecule has 2 rings (SSSR count). The maximum absolute atomic E-state index is 5.51. The van der Waals surface area contributed by atoms with Crippen molar-refractivity contribution in [2.24, 2.45) is 11.8 Å². The van der Waals surface area contributed by atoms with E-state index in [0.29, 0.717) is 6.10 Å². The predicted molar refractivity (Wildman–Crippen MR) is 85.1 cm³/mol. The molecule has 0 spiro atoms. The Bertz CT molecular complexity index is 272. The van der Waals surface area contributed by atoms with Gasteiger partial charge in [0.15, 0.2) is 0 Å². The van der Waals surface area contributed by atoms with Crippen LogP contribution in [0.15, 0.2) is 0 Å². The van der Waals surface area contributed by atoms with Crippen LogP contribution in [0.25, 0.3) is 0 Å². The highest BCUT2D eigenvalue weighted by Gasteiger charge is 2.32. The number of methoxy groups -OCH3 is 1. The van der Waals surface area contributed by atoms with E-state index in [9.17, 15) is 0 Å². The molecule has 2 aliphatic rings. The molecule has 0 bridgehead atoms. The molecule has 118 valence electrons. The summed E-state index contributed by atoms with van der Waals surface area (Å²) in [6, 6.07) is 0.749. The van der Waals surface area contributed by atoms with E-state index in [2.05, 4.69) is 24.1 Å². The largest absolute Gasteiger partial charge is 0.380 e. The van der Waals surface area contributed by atoms with Crippen molar-refractivity contribution in [2.75, 3.05) is 33.3 Å². The standard InChI is InChI=1S/C17H34N2O/c1-4-9-18-17-7-6-14(5-2)11-15(17)12-19-10-8-16(13-19)20-3/h14-18H,4-13H2,1-3H3. The zero-order chi connectivity index (χ0) is 14.4. The third-order valence-corrected chi connectivity index (χ3v) is 5.38. The van der Waals surface area contributed by atoms with Gasteiger partial charge in [-0.15, -0.1) is 0 Å². The summed E-state index contributed by atoms with van der Waals surface area (Å²) in [7, 11) is 1.85. The van der Waals surface area contributed by atoms with E-state index in [-0.39, 0.29) is 0 Å². The van der Waals surface area contributed by atoms with Crippen LogP contribution in [0, 0.1) is 11.8 Å². The third-order valence-electron chi connectivity index (χ3n) is 5.38. The minimum Gasteiger partial charge on any atom is -0.380 e. The molecule has 20 heavy (non-hydrogen) atoms. The average molecular weight is 282 g/mol. The van der Waals surface area contributed by atoms with Gasteiger partial charge in [0.05, 0.1) is 6.10 Å². The topological polar surface area (TPSA) is 24.5 Å². The molecule has 1 saturated heterocycles. The highest BCUT2D eigenvalue weighted by Crippen LogP contribution is 2.32. The molecular weight excluding hydrogens is 248 g/mol. The minimum atomic E-state index is 0.475. The van der Waals surface area contributed by atoms with E-state index in [0.717, 1.165) is 24.4 Å². The van der Waals surface area contributed by atoms with Crippen molar-refractivity contribution in [2.45, 2.75) is 64.5 Å². The number of nitrogens with one attached hydrogen (secondary N) is 1. The van der Waals surface area contributed by atoms with Crippen LogP contribution in [-0.2, 0) is 4.74 Å². The summed E-state index contributed by atoms with van der Waals surface area (Å²) in [4.78, 5) is 2.64. The van der Waals surface area contributed by atoms with Crippen molar-refractivity contribution in [1.29, 1.82) is 0 Å². The zero-order valence-corrected chi connectivity index (χ0v) is 13.7. The summed E-state index contributed by atoms with van der Waals surface area (Å²) in [5, 5.41) is 3.81. The van der Waals surface area contributed by atoms with Crippen LogP contribution in [0.5, 0.6) is 0 Å². The molecule has 2 fully saturated rings. The third kappa shape index (κ3) is 4.44. The predicted octanol–water partition coefficient (Wildman–Crippen LogP) is 2.90. The second-order valence-corrected chi connectivity index (χ2v) is 6.81. The lowest BCUT2D eigenvalue weighted by Gasteiger charge is -2.38. The van der Waals surface area contributed by atoms with E-state index in [4.69, 9.17) is 4.74 Å². The number of hydrogen-bond donors (Lipinski definition) is 1. The Kier molecular flexibility index (Phi) is 6.79. The Morgan fingerprint density at radius 3 is 2.70 bits per heavy atom. The van der Waals surface area contributed by atoms with E-state index in [1.54, 1.807) is 0 Å². The summed E-state index contributed by atoms with van der Waals surface area (Å²) in [6.45, 7) is 9.45. The summed E-state index contributed by atoms with van der Waals surface area (Å²) in [6.07, 6.45) is 8.52. The summed E-state index contributed by atoms with van der Waals surface area (Å²) in [5.74, 6) is 1.80. The van der Waals surface area contributed by atoms with Crippen molar-refractivity contribution < 1.29 is 4.74 Å². The van der Waals surface area contributed by atoms with Gasteiger partial charge >= 0.3 is 0 Å². The fourth-order valence-corrected chi connectivity index (χ4v) is 4.02. The molecular formula is C17H34N2O. The van der Waals surface area contributed by atoms with Gasteiger partial charge in [-0.2, -0.15) is 0 Å². The first-order valence-electron chi connectivity index (χ1n) is 8.75. The van der Waals surface area contributed by atoms with Crippen LogP contribution in [0.4, 0.5) is 0 Å². The van der Waals surface area contributed by atoms with E-state index >= 15 is 0 Å². The van der Waals surface area contributed by atoms with Crippen LogP contribution in [0.3, 0.4) is 0 Å². The highest BCUT2D eigenvalue weighted by molar-refractivity contribution is 4.88. The summed E-state index contributed by atoms with van der Waals surface area (Å²) < 4.78 is 5.51. The highest BCUT2D eigenvalue weighted by atomic mass is 16.5. The van der Waals surface area contributed by atoms with Crippen molar-refractivity contribution in [3.8, 4) is 0 Å². The molecule has 0 aromatic carbocycles. The quantitative estimate of drug-likeness (QED) is 0.777. The van der Waals surface area contributed by atoms with Crippen LogP contribution in [-0.4, -0.2) is 50.3 Å². The first-order valence-corrected chi connectivity index (χ1v) is 8.75. The fourth-order valence-electron chi connectivity index (χ4n) is 4.02. The molecule has 1 heterocycles. The Morgan fingerprint density at radius 1 is 1.20 bits per heavy atom. The lowest BCUT2D eigenvalue weighted by molar-refractivity contribution is 0.0976. The maximum Gasteiger partial charge on any atom is 0.0710 e. The number of hydrogen-bond acceptors (Lipinski definition) is 3. The molecule has 0 amide bonds. The smallest absolute Gasteiger partial charge is 0.0710 e. The molecule has 1 aliphatic heterocycles. The molecule has 3 heteroatoms. The maximum atomic E-state index is 5.51. The van der Waals surface area contributed by atoms with Gasteiger partial charge in [0.25, 0.3) is 0 Å². The molecule has 3 nitrogen and oxygen atoms in total. The molecule has 4 unspecified atom stereocenters. The molecule has 0 aromatic rings. The van der Waals surface area contributed by atoms with Crippen molar-refractivity contribution in [1.82, 2.24) is 10.2 Å². The second kappa shape index (κ2) is 8.35. The van der Waals surface area contributed by atoms with Gasteiger partial charge in [-0.3, -0.25) is 0 Å². The number of nitrogens with zero attached hydrogens (tertiary/aromatic N) is 1. The van der Waals surface area contributed by atoms with Gasteiger partial charge in [-0.25, -0.2) is 0 Å². The zero-order valence-electron chi connectivity index (χ0n) is 13.7. The average Bonchev–Trinajstić information content (AvgIpc) is 2.93. The monoisotopic (exact) mass is 282 g/mol. The minimum absolute atomic E-state index is 0.475. The number of rotatable bonds is 7. The Labute approximate surface area is 125 Å². The van der Waals surface area contributed by atoms with Gasteiger partial charge < -0.3 is 15.0 Å². The normalized spacial score (nSPS) is 35.5. The number of ether oxygens (including phenoxy) is 1. The first kappa shape index (κ1) is 16.3. The van der Waals surface area contributed by atoms with E-state index < -0.39 is 0 Å². The van der Waals surface area contributed by atoms with Crippen LogP contribution < -0.4 is 5.32 Å². The van der Waals surface area contributed by atoms with Gasteiger partial charge in [-0.1, -0.05) is 20.3 Å². The lowest BCUT2D eigenvalue weighted by Crippen LogP contribution is -2.45. The van der Waals surface area contributed by atoms with Crippen molar-refractivity contribution in [3.05, 3.63) is 0 Å². The molecule has 4 atom stereocenters. The SMILES string of the molecule is CCCNC1CCC(CC)CC1CN1CCC(OC)C1. The van der Waals surface area contributed by atoms with Crippen LogP contribution in [0.1, 0.15) is 52.4 Å².